The van der Waals surface area contributed by atoms with Gasteiger partial charge >= 0.3 is 0 Å². The maximum Gasteiger partial charge on any atom is 0.251 e. The fraction of sp³-hybridized carbons (Fsp3) is 0.357. The summed E-state index contributed by atoms with van der Waals surface area (Å²) in [6.07, 6.45) is 2.66. The molecule has 3 aromatic rings. The maximum absolute atomic E-state index is 12.1. The molecule has 6 heteroatoms. The number of hydrogen-bond acceptors (Lipinski definition) is 5. The van der Waals surface area contributed by atoms with E-state index in [2.05, 4.69) is 77.4 Å². The van der Waals surface area contributed by atoms with Crippen LogP contribution in [0.15, 0.2) is 54.7 Å². The smallest absolute Gasteiger partial charge is 0.251 e. The normalized spacial score (nSPS) is 18.6. The van der Waals surface area contributed by atoms with Crippen LogP contribution in [-0.2, 0) is 6.42 Å². The van der Waals surface area contributed by atoms with E-state index in [1.54, 1.807) is 0 Å². The predicted octanol–water partition coefficient (Wildman–Crippen LogP) is 4.06. The van der Waals surface area contributed by atoms with Crippen LogP contribution in [0.25, 0.3) is 22.3 Å². The third-order valence-electron chi connectivity index (χ3n) is 7.29. The summed E-state index contributed by atoms with van der Waals surface area (Å²) in [5.41, 5.74) is 13.4. The summed E-state index contributed by atoms with van der Waals surface area (Å²) in [7, 11) is 2.23. The lowest BCUT2D eigenvalue weighted by Gasteiger charge is -2.42. The van der Waals surface area contributed by atoms with E-state index in [4.69, 9.17) is 5.73 Å². The van der Waals surface area contributed by atoms with Gasteiger partial charge in [0.2, 0.25) is 0 Å². The molecule has 1 fully saturated rings. The number of anilines is 2. The molecular weight excluding hydrogens is 422 g/mol. The van der Waals surface area contributed by atoms with Gasteiger partial charge in [0.1, 0.15) is 5.82 Å². The number of fused-ring (bicyclic) bond motifs is 1. The zero-order chi connectivity index (χ0) is 23.8. The van der Waals surface area contributed by atoms with Crippen molar-refractivity contribution in [3.8, 4) is 22.3 Å². The minimum absolute atomic E-state index is 0.00666. The summed E-state index contributed by atoms with van der Waals surface area (Å²) in [6, 6.07) is 17.4. The number of nitrogens with one attached hydrogen (secondary N) is 1. The first-order chi connectivity index (χ1) is 16.4. The van der Waals surface area contributed by atoms with Crippen LogP contribution in [0.5, 0.6) is 0 Å². The molecule has 5 rings (SSSR count). The zero-order valence-electron chi connectivity index (χ0n) is 20.2. The summed E-state index contributed by atoms with van der Waals surface area (Å²) in [4.78, 5) is 21.6. The van der Waals surface area contributed by atoms with Gasteiger partial charge in [0.05, 0.1) is 0 Å². The Labute approximate surface area is 201 Å². The molecule has 2 aliphatic rings. The topological polar surface area (TPSA) is 74.5 Å². The van der Waals surface area contributed by atoms with E-state index in [9.17, 15) is 4.79 Å². The first-order valence-electron chi connectivity index (χ1n) is 12.1. The molecule has 2 aliphatic heterocycles. The molecule has 1 amide bonds. The molecule has 0 bridgehead atoms. The van der Waals surface area contributed by atoms with Gasteiger partial charge in [0.15, 0.2) is 0 Å². The Bertz CT molecular complexity index is 1200. The molecule has 3 N–H and O–H groups in total. The number of amides is 1. The molecule has 0 unspecified atom stereocenters. The van der Waals surface area contributed by atoms with Crippen molar-refractivity contribution in [1.29, 1.82) is 0 Å². The Kier molecular flexibility index (Phi) is 6.00. The van der Waals surface area contributed by atoms with Gasteiger partial charge in [-0.05, 0) is 60.3 Å². The van der Waals surface area contributed by atoms with E-state index in [0.717, 1.165) is 59.4 Å². The number of nitrogens with two attached hydrogens (primary N) is 1. The number of nitrogens with zero attached hydrogens (tertiary/aromatic N) is 3. The number of nitrogen functional groups attached to an aromatic ring is 1. The number of benzene rings is 2. The first kappa shape index (κ1) is 22.4. The molecule has 0 spiro atoms. The lowest BCUT2D eigenvalue weighted by atomic mass is 9.94. The van der Waals surface area contributed by atoms with Crippen LogP contribution < -0.4 is 16.0 Å². The minimum Gasteiger partial charge on any atom is -0.383 e. The molecule has 1 saturated heterocycles. The standard InChI is InChI=1S/C28H33N5O/c1-18(2)26-17-33(13-12-32(26)3)23-7-4-19(5-8-23)22-15-25(27(29)31-16-22)20-6-9-24-21(14-20)10-11-30-28(24)34/h4-9,14-16,18,26H,10-13,17H2,1-3H3,(H2,29,31)(H,30,34)/t26-/m1/s1. The van der Waals surface area contributed by atoms with Crippen molar-refractivity contribution in [3.63, 3.8) is 0 Å². The largest absolute Gasteiger partial charge is 0.383 e. The molecule has 2 aromatic carbocycles. The second-order valence-electron chi connectivity index (χ2n) is 9.82. The Hall–Kier alpha value is -3.38. The van der Waals surface area contributed by atoms with Crippen LogP contribution in [-0.4, -0.2) is 55.1 Å². The van der Waals surface area contributed by atoms with Crippen molar-refractivity contribution >= 4 is 17.4 Å². The highest BCUT2D eigenvalue weighted by molar-refractivity contribution is 5.97. The fourth-order valence-corrected chi connectivity index (χ4v) is 5.18. The highest BCUT2D eigenvalue weighted by Crippen LogP contribution is 2.32. The lowest BCUT2D eigenvalue weighted by Crippen LogP contribution is -2.53. The molecule has 34 heavy (non-hydrogen) atoms. The monoisotopic (exact) mass is 455 g/mol. The van der Waals surface area contributed by atoms with Gasteiger partial charge in [-0.25, -0.2) is 4.98 Å². The first-order valence-corrected chi connectivity index (χ1v) is 12.1. The average Bonchev–Trinajstić information content (AvgIpc) is 2.84. The number of piperazine rings is 1. The highest BCUT2D eigenvalue weighted by Gasteiger charge is 2.26. The molecule has 3 heterocycles. The molecule has 176 valence electrons. The zero-order valence-corrected chi connectivity index (χ0v) is 20.2. The Morgan fingerprint density at radius 2 is 1.76 bits per heavy atom. The van der Waals surface area contributed by atoms with Crippen LogP contribution >= 0.6 is 0 Å². The molecule has 0 radical (unpaired) electrons. The van der Waals surface area contributed by atoms with E-state index in [1.807, 2.05) is 18.3 Å². The Morgan fingerprint density at radius 3 is 2.53 bits per heavy atom. The average molecular weight is 456 g/mol. The molecule has 6 nitrogen and oxygen atoms in total. The minimum atomic E-state index is -0.00666. The second-order valence-corrected chi connectivity index (χ2v) is 9.82. The Morgan fingerprint density at radius 1 is 1.00 bits per heavy atom. The third kappa shape index (κ3) is 4.26. The van der Waals surface area contributed by atoms with Gasteiger partial charge in [-0.3, -0.25) is 9.69 Å². The quantitative estimate of drug-likeness (QED) is 0.621. The van der Waals surface area contributed by atoms with Gasteiger partial charge in [0.25, 0.3) is 5.91 Å². The number of carbonyl (C=O) groups is 1. The van der Waals surface area contributed by atoms with Gasteiger partial charge < -0.3 is 16.0 Å². The molecule has 0 aliphatic carbocycles. The summed E-state index contributed by atoms with van der Waals surface area (Å²) in [6.45, 7) is 8.45. The molecule has 1 atom stereocenters. The summed E-state index contributed by atoms with van der Waals surface area (Å²) in [5.74, 6) is 1.12. The van der Waals surface area contributed by atoms with Crippen LogP contribution in [0.3, 0.4) is 0 Å². The third-order valence-corrected chi connectivity index (χ3v) is 7.29. The van der Waals surface area contributed by atoms with Crippen molar-refractivity contribution in [2.24, 2.45) is 5.92 Å². The number of likely N-dealkylation sites (N-methyl/N-ethyl adjacent to an activating group) is 1. The van der Waals surface area contributed by atoms with Crippen LogP contribution in [0, 0.1) is 5.92 Å². The number of carbonyl (C=O) groups excluding carboxylic acids is 1. The molecule has 1 aromatic heterocycles. The van der Waals surface area contributed by atoms with E-state index in [1.165, 1.54) is 5.69 Å². The van der Waals surface area contributed by atoms with Gasteiger partial charge in [-0.2, -0.15) is 0 Å². The molecule has 0 saturated carbocycles. The van der Waals surface area contributed by atoms with Crippen LogP contribution in [0.4, 0.5) is 11.5 Å². The number of pyridine rings is 1. The van der Waals surface area contributed by atoms with E-state index >= 15 is 0 Å². The van der Waals surface area contributed by atoms with E-state index in [-0.39, 0.29) is 5.91 Å². The van der Waals surface area contributed by atoms with E-state index < -0.39 is 0 Å². The predicted molar refractivity (Wildman–Crippen MR) is 139 cm³/mol. The SMILES string of the molecule is CC(C)[C@H]1CN(c2ccc(-c3cnc(N)c(-c4ccc5c(c4)CCNC5=O)c3)cc2)CCN1C. The molecular formula is C28H33N5O. The fourth-order valence-electron chi connectivity index (χ4n) is 5.18. The van der Waals surface area contributed by atoms with E-state index in [0.29, 0.717) is 24.3 Å². The van der Waals surface area contributed by atoms with Crippen LogP contribution in [0.2, 0.25) is 0 Å². The lowest BCUT2D eigenvalue weighted by molar-refractivity contribution is 0.0946. The number of hydrogen-bond donors (Lipinski definition) is 2. The Balaban J connectivity index is 1.40. The van der Waals surface area contributed by atoms with Crippen molar-refractivity contribution in [2.45, 2.75) is 26.3 Å². The summed E-state index contributed by atoms with van der Waals surface area (Å²) < 4.78 is 0. The van der Waals surface area contributed by atoms with Crippen molar-refractivity contribution in [2.75, 3.05) is 43.9 Å². The second kappa shape index (κ2) is 9.11. The van der Waals surface area contributed by atoms with Gasteiger partial charge in [0, 0.05) is 60.8 Å². The number of aromatic nitrogens is 1. The van der Waals surface area contributed by atoms with Gasteiger partial charge in [-0.15, -0.1) is 0 Å². The number of rotatable bonds is 4. The van der Waals surface area contributed by atoms with Crippen molar-refractivity contribution in [1.82, 2.24) is 15.2 Å². The van der Waals surface area contributed by atoms with Crippen molar-refractivity contribution < 1.29 is 4.79 Å². The van der Waals surface area contributed by atoms with Crippen LogP contribution in [0.1, 0.15) is 29.8 Å². The summed E-state index contributed by atoms with van der Waals surface area (Å²) >= 11 is 0. The summed E-state index contributed by atoms with van der Waals surface area (Å²) in [5, 5.41) is 2.90. The van der Waals surface area contributed by atoms with Gasteiger partial charge in [-0.1, -0.05) is 38.1 Å². The maximum atomic E-state index is 12.1. The van der Waals surface area contributed by atoms with Crippen molar-refractivity contribution in [3.05, 3.63) is 65.9 Å². The highest BCUT2D eigenvalue weighted by atomic mass is 16.1.